The summed E-state index contributed by atoms with van der Waals surface area (Å²) < 4.78 is 40.1. The zero-order valence-electron chi connectivity index (χ0n) is 9.13. The van der Waals surface area contributed by atoms with Crippen molar-refractivity contribution < 1.29 is 22.7 Å². The van der Waals surface area contributed by atoms with Crippen molar-refractivity contribution in [3.8, 4) is 0 Å². The van der Waals surface area contributed by atoms with Crippen LogP contribution in [0.1, 0.15) is 27.4 Å². The van der Waals surface area contributed by atoms with E-state index in [2.05, 4.69) is 0 Å². The average Bonchev–Trinajstić information content (AvgIpc) is 2.52. The van der Waals surface area contributed by atoms with Crippen LogP contribution >= 0.6 is 11.3 Å². The standard InChI is InChI=1S/C10H12F3NO2S/c1-6-7(14)5-8(17-6)9(15)16-4-2-3-10(11,12)13/h5H,2-4,14H2,1H3. The Hall–Kier alpha value is -1.24. The van der Waals surface area contributed by atoms with Gasteiger partial charge in [0.05, 0.1) is 6.61 Å². The summed E-state index contributed by atoms with van der Waals surface area (Å²) in [5.74, 6) is -0.628. The summed E-state index contributed by atoms with van der Waals surface area (Å²) in [5.41, 5.74) is 6.03. The number of esters is 1. The Balaban J connectivity index is 2.35. The van der Waals surface area contributed by atoms with Crippen LogP contribution in [0, 0.1) is 6.92 Å². The lowest BCUT2D eigenvalue weighted by atomic mass is 10.3. The Labute approximate surface area is 100 Å². The quantitative estimate of drug-likeness (QED) is 0.673. The summed E-state index contributed by atoms with van der Waals surface area (Å²) >= 11 is 1.16. The topological polar surface area (TPSA) is 52.3 Å². The van der Waals surface area contributed by atoms with E-state index in [1.54, 1.807) is 6.92 Å². The molecule has 0 amide bonds. The number of hydrogen-bond donors (Lipinski definition) is 1. The SMILES string of the molecule is Cc1sc(C(=O)OCCCC(F)(F)F)cc1N. The number of ether oxygens (including phenoxy) is 1. The van der Waals surface area contributed by atoms with Gasteiger partial charge in [0, 0.05) is 17.0 Å². The molecule has 2 N–H and O–H groups in total. The highest BCUT2D eigenvalue weighted by atomic mass is 32.1. The number of nitrogen functional groups attached to an aromatic ring is 1. The van der Waals surface area contributed by atoms with E-state index < -0.39 is 18.6 Å². The number of rotatable bonds is 4. The fourth-order valence-electron chi connectivity index (χ4n) is 1.11. The number of halogens is 3. The first-order valence-corrected chi connectivity index (χ1v) is 5.71. The van der Waals surface area contributed by atoms with Crippen LogP contribution in [-0.4, -0.2) is 18.8 Å². The molecule has 0 fully saturated rings. The second-order valence-corrected chi connectivity index (χ2v) is 4.73. The molecule has 7 heteroatoms. The fraction of sp³-hybridized carbons (Fsp3) is 0.500. The maximum atomic E-state index is 11.8. The summed E-state index contributed by atoms with van der Waals surface area (Å²) in [4.78, 5) is 12.5. The Morgan fingerprint density at radius 2 is 2.18 bits per heavy atom. The number of carbonyl (C=O) groups excluding carboxylic acids is 1. The van der Waals surface area contributed by atoms with Gasteiger partial charge < -0.3 is 10.5 Å². The summed E-state index contributed by atoms with van der Waals surface area (Å²) in [5, 5.41) is 0. The summed E-state index contributed by atoms with van der Waals surface area (Å²) in [7, 11) is 0. The molecule has 0 spiro atoms. The third-order valence-corrected chi connectivity index (χ3v) is 3.04. The van der Waals surface area contributed by atoms with Crippen molar-refractivity contribution in [2.45, 2.75) is 25.9 Å². The Kier molecular flexibility index (Phi) is 4.39. The van der Waals surface area contributed by atoms with Gasteiger partial charge in [0.15, 0.2) is 0 Å². The molecule has 0 aromatic carbocycles. The van der Waals surface area contributed by atoms with Gasteiger partial charge in [0.25, 0.3) is 0 Å². The largest absolute Gasteiger partial charge is 0.462 e. The van der Waals surface area contributed by atoms with Crippen LogP contribution in [0.15, 0.2) is 6.07 Å². The number of aryl methyl sites for hydroxylation is 1. The molecule has 96 valence electrons. The van der Waals surface area contributed by atoms with Crippen LogP contribution in [0.5, 0.6) is 0 Å². The molecule has 1 rings (SSSR count). The van der Waals surface area contributed by atoms with Crippen LogP contribution in [0.4, 0.5) is 18.9 Å². The van der Waals surface area contributed by atoms with Gasteiger partial charge in [-0.1, -0.05) is 0 Å². The third-order valence-electron chi connectivity index (χ3n) is 2.00. The second-order valence-electron chi connectivity index (χ2n) is 3.48. The molecule has 0 atom stereocenters. The highest BCUT2D eigenvalue weighted by Gasteiger charge is 2.26. The molecule has 0 bridgehead atoms. The smallest absolute Gasteiger partial charge is 0.389 e. The lowest BCUT2D eigenvalue weighted by molar-refractivity contribution is -0.137. The van der Waals surface area contributed by atoms with Gasteiger partial charge in [-0.3, -0.25) is 0 Å². The molecular formula is C10H12F3NO2S. The Morgan fingerprint density at radius 3 is 2.65 bits per heavy atom. The molecule has 0 saturated carbocycles. The molecule has 0 unspecified atom stereocenters. The van der Waals surface area contributed by atoms with Crippen molar-refractivity contribution in [3.63, 3.8) is 0 Å². The Morgan fingerprint density at radius 1 is 1.53 bits per heavy atom. The predicted octanol–water partition coefficient (Wildman–Crippen LogP) is 3.14. The van der Waals surface area contributed by atoms with Crippen molar-refractivity contribution in [3.05, 3.63) is 15.8 Å². The van der Waals surface area contributed by atoms with Gasteiger partial charge in [-0.15, -0.1) is 11.3 Å². The van der Waals surface area contributed by atoms with E-state index in [1.165, 1.54) is 6.07 Å². The highest BCUT2D eigenvalue weighted by molar-refractivity contribution is 7.14. The van der Waals surface area contributed by atoms with Gasteiger partial charge in [0.2, 0.25) is 0 Å². The average molecular weight is 267 g/mol. The van der Waals surface area contributed by atoms with E-state index in [1.807, 2.05) is 0 Å². The van der Waals surface area contributed by atoms with Crippen molar-refractivity contribution >= 4 is 23.0 Å². The molecule has 0 aliphatic heterocycles. The van der Waals surface area contributed by atoms with Crippen LogP contribution in [-0.2, 0) is 4.74 Å². The normalized spacial score (nSPS) is 11.5. The number of thiophene rings is 1. The minimum Gasteiger partial charge on any atom is -0.462 e. The molecule has 0 radical (unpaired) electrons. The Bertz CT molecular complexity index is 381. The monoisotopic (exact) mass is 267 g/mol. The summed E-state index contributed by atoms with van der Waals surface area (Å²) in [6.07, 6.45) is -5.39. The van der Waals surface area contributed by atoms with Gasteiger partial charge in [0.1, 0.15) is 4.88 Å². The number of nitrogens with two attached hydrogens (primary N) is 1. The van der Waals surface area contributed by atoms with Crippen LogP contribution in [0.25, 0.3) is 0 Å². The summed E-state index contributed by atoms with van der Waals surface area (Å²) in [6, 6.07) is 1.46. The molecule has 0 saturated heterocycles. The van der Waals surface area contributed by atoms with Gasteiger partial charge in [-0.2, -0.15) is 13.2 Å². The van der Waals surface area contributed by atoms with E-state index in [0.29, 0.717) is 10.6 Å². The lowest BCUT2D eigenvalue weighted by Crippen LogP contribution is -2.11. The number of anilines is 1. The zero-order valence-corrected chi connectivity index (χ0v) is 9.95. The van der Waals surface area contributed by atoms with Crippen molar-refractivity contribution in [2.75, 3.05) is 12.3 Å². The molecule has 17 heavy (non-hydrogen) atoms. The van der Waals surface area contributed by atoms with Crippen LogP contribution in [0.2, 0.25) is 0 Å². The molecule has 0 aliphatic carbocycles. The minimum atomic E-state index is -4.21. The van der Waals surface area contributed by atoms with Gasteiger partial charge in [-0.25, -0.2) is 4.79 Å². The highest BCUT2D eigenvalue weighted by Crippen LogP contribution is 2.24. The molecule has 1 heterocycles. The minimum absolute atomic E-state index is 0.227. The molecular weight excluding hydrogens is 255 g/mol. The molecule has 3 nitrogen and oxygen atoms in total. The lowest BCUT2D eigenvalue weighted by Gasteiger charge is -2.06. The first kappa shape index (κ1) is 13.8. The van der Waals surface area contributed by atoms with E-state index in [-0.39, 0.29) is 13.0 Å². The first-order valence-electron chi connectivity index (χ1n) is 4.89. The maximum absolute atomic E-state index is 11.8. The first-order chi connectivity index (χ1) is 7.79. The molecule has 0 aliphatic rings. The van der Waals surface area contributed by atoms with Gasteiger partial charge in [-0.05, 0) is 19.4 Å². The molecule has 1 aromatic rings. The van der Waals surface area contributed by atoms with E-state index in [9.17, 15) is 18.0 Å². The van der Waals surface area contributed by atoms with Gasteiger partial charge >= 0.3 is 12.1 Å². The van der Waals surface area contributed by atoms with Crippen molar-refractivity contribution in [2.24, 2.45) is 0 Å². The zero-order chi connectivity index (χ0) is 13.1. The molecule has 1 aromatic heterocycles. The van der Waals surface area contributed by atoms with E-state index in [4.69, 9.17) is 10.5 Å². The van der Waals surface area contributed by atoms with Crippen molar-refractivity contribution in [1.29, 1.82) is 0 Å². The van der Waals surface area contributed by atoms with E-state index >= 15 is 0 Å². The number of hydrogen-bond acceptors (Lipinski definition) is 4. The third kappa shape index (κ3) is 4.64. The van der Waals surface area contributed by atoms with Crippen LogP contribution < -0.4 is 5.73 Å². The predicted molar refractivity (Wildman–Crippen MR) is 59.0 cm³/mol. The fourth-order valence-corrected chi connectivity index (χ4v) is 1.94. The summed E-state index contributed by atoms with van der Waals surface area (Å²) in [6.45, 7) is 1.51. The second kappa shape index (κ2) is 5.39. The maximum Gasteiger partial charge on any atom is 0.389 e. The van der Waals surface area contributed by atoms with Crippen LogP contribution in [0.3, 0.4) is 0 Å². The number of alkyl halides is 3. The number of carbonyl (C=O) groups is 1. The van der Waals surface area contributed by atoms with E-state index in [0.717, 1.165) is 16.2 Å². The van der Waals surface area contributed by atoms with Crippen molar-refractivity contribution in [1.82, 2.24) is 0 Å².